The van der Waals surface area contributed by atoms with Crippen LogP contribution in [0.1, 0.15) is 25.5 Å². The number of aliphatic hydroxyl groups is 1. The molecule has 1 aromatic heterocycles. The second-order valence-corrected chi connectivity index (χ2v) is 5.63. The summed E-state index contributed by atoms with van der Waals surface area (Å²) in [5.41, 5.74) is -0.0572. The van der Waals surface area contributed by atoms with Gasteiger partial charge in [0.1, 0.15) is 0 Å². The van der Waals surface area contributed by atoms with Crippen LogP contribution in [0.4, 0.5) is 5.82 Å². The van der Waals surface area contributed by atoms with Gasteiger partial charge in [0.05, 0.1) is 17.3 Å². The third kappa shape index (κ3) is 3.17. The third-order valence-corrected chi connectivity index (χ3v) is 4.03. The number of aromatic nitrogens is 2. The van der Waals surface area contributed by atoms with Gasteiger partial charge in [-0.25, -0.2) is 0 Å². The van der Waals surface area contributed by atoms with E-state index < -0.39 is 5.60 Å². The van der Waals surface area contributed by atoms with Crippen molar-refractivity contribution in [2.75, 3.05) is 5.32 Å². The number of aryl methyl sites for hydroxylation is 1. The SMILES string of the molecule is C=CCC(O)(CC=C)C(C)Nc1nnc(C)c2ccccc12. The van der Waals surface area contributed by atoms with Crippen molar-refractivity contribution >= 4 is 16.6 Å². The highest BCUT2D eigenvalue weighted by Gasteiger charge is 2.31. The number of hydrogen-bond donors (Lipinski definition) is 2. The minimum absolute atomic E-state index is 0.219. The van der Waals surface area contributed by atoms with Crippen LogP contribution in [0.5, 0.6) is 0 Å². The van der Waals surface area contributed by atoms with Crippen LogP contribution < -0.4 is 5.32 Å². The van der Waals surface area contributed by atoms with E-state index in [2.05, 4.69) is 28.7 Å². The fourth-order valence-electron chi connectivity index (χ4n) is 2.62. The minimum Gasteiger partial charge on any atom is -0.387 e. The van der Waals surface area contributed by atoms with Gasteiger partial charge in [-0.15, -0.1) is 18.3 Å². The van der Waals surface area contributed by atoms with Crippen molar-refractivity contribution in [2.45, 2.75) is 38.3 Å². The van der Waals surface area contributed by atoms with Gasteiger partial charge in [-0.1, -0.05) is 36.4 Å². The van der Waals surface area contributed by atoms with Gasteiger partial charge in [0.2, 0.25) is 0 Å². The molecule has 0 bridgehead atoms. The summed E-state index contributed by atoms with van der Waals surface area (Å²) in [7, 11) is 0. The van der Waals surface area contributed by atoms with Crippen LogP contribution in [-0.4, -0.2) is 26.9 Å². The van der Waals surface area contributed by atoms with Gasteiger partial charge in [0.25, 0.3) is 0 Å². The Morgan fingerprint density at radius 1 is 1.18 bits per heavy atom. The molecule has 4 nitrogen and oxygen atoms in total. The van der Waals surface area contributed by atoms with Gasteiger partial charge < -0.3 is 10.4 Å². The molecule has 116 valence electrons. The van der Waals surface area contributed by atoms with Gasteiger partial charge in [0, 0.05) is 10.8 Å². The Hall–Kier alpha value is -2.20. The van der Waals surface area contributed by atoms with Crippen LogP contribution >= 0.6 is 0 Å². The maximum absolute atomic E-state index is 10.8. The highest BCUT2D eigenvalue weighted by molar-refractivity contribution is 5.92. The summed E-state index contributed by atoms with van der Waals surface area (Å²) < 4.78 is 0. The van der Waals surface area contributed by atoms with E-state index in [0.717, 1.165) is 16.5 Å². The number of nitrogens with zero attached hydrogens (tertiary/aromatic N) is 2. The first kappa shape index (κ1) is 16.2. The molecule has 0 amide bonds. The summed E-state index contributed by atoms with van der Waals surface area (Å²) in [6, 6.07) is 7.76. The summed E-state index contributed by atoms with van der Waals surface area (Å²) in [5, 5.41) is 24.6. The molecule has 1 atom stereocenters. The first-order valence-electron chi connectivity index (χ1n) is 7.44. The zero-order valence-corrected chi connectivity index (χ0v) is 13.2. The van der Waals surface area contributed by atoms with E-state index in [4.69, 9.17) is 0 Å². The van der Waals surface area contributed by atoms with E-state index in [9.17, 15) is 5.11 Å². The second-order valence-electron chi connectivity index (χ2n) is 5.63. The zero-order chi connectivity index (χ0) is 16.2. The van der Waals surface area contributed by atoms with Crippen molar-refractivity contribution < 1.29 is 5.11 Å². The fraction of sp³-hybridized carbons (Fsp3) is 0.333. The molecule has 0 radical (unpaired) electrons. The summed E-state index contributed by atoms with van der Waals surface area (Å²) in [5.74, 6) is 0.681. The first-order valence-corrected chi connectivity index (χ1v) is 7.44. The maximum atomic E-state index is 10.8. The van der Waals surface area contributed by atoms with Gasteiger partial charge in [-0.3, -0.25) is 0 Å². The lowest BCUT2D eigenvalue weighted by Gasteiger charge is -2.33. The van der Waals surface area contributed by atoms with Gasteiger partial charge in [-0.2, -0.15) is 5.10 Å². The predicted molar refractivity (Wildman–Crippen MR) is 91.9 cm³/mol. The van der Waals surface area contributed by atoms with E-state index in [0.29, 0.717) is 18.7 Å². The van der Waals surface area contributed by atoms with Crippen molar-refractivity contribution in [3.63, 3.8) is 0 Å². The molecular weight excluding hydrogens is 274 g/mol. The molecule has 1 unspecified atom stereocenters. The highest BCUT2D eigenvalue weighted by Crippen LogP contribution is 2.27. The Morgan fingerprint density at radius 2 is 1.77 bits per heavy atom. The predicted octanol–water partition coefficient (Wildman–Crippen LogP) is 3.62. The van der Waals surface area contributed by atoms with E-state index in [1.165, 1.54) is 0 Å². The summed E-state index contributed by atoms with van der Waals surface area (Å²) >= 11 is 0. The lowest BCUT2D eigenvalue weighted by atomic mass is 9.88. The topological polar surface area (TPSA) is 58.0 Å². The van der Waals surface area contributed by atoms with Gasteiger partial charge >= 0.3 is 0 Å². The minimum atomic E-state index is -0.947. The fourth-order valence-corrected chi connectivity index (χ4v) is 2.62. The van der Waals surface area contributed by atoms with E-state index in [1.54, 1.807) is 12.2 Å². The molecule has 0 fully saturated rings. The van der Waals surface area contributed by atoms with Crippen LogP contribution in [0.2, 0.25) is 0 Å². The number of benzene rings is 1. The Balaban J connectivity index is 2.35. The number of nitrogens with one attached hydrogen (secondary N) is 1. The maximum Gasteiger partial charge on any atom is 0.156 e. The Bertz CT molecular complexity index is 671. The largest absolute Gasteiger partial charge is 0.387 e. The lowest BCUT2D eigenvalue weighted by Crippen LogP contribution is -2.44. The number of rotatable bonds is 7. The number of fused-ring (bicyclic) bond motifs is 1. The summed E-state index contributed by atoms with van der Waals surface area (Å²) in [6.45, 7) is 11.3. The molecule has 0 spiro atoms. The molecule has 0 aliphatic rings. The van der Waals surface area contributed by atoms with E-state index in [-0.39, 0.29) is 6.04 Å². The van der Waals surface area contributed by atoms with Gasteiger partial charge in [-0.05, 0) is 26.7 Å². The molecule has 0 saturated heterocycles. The molecule has 1 aromatic carbocycles. The highest BCUT2D eigenvalue weighted by atomic mass is 16.3. The van der Waals surface area contributed by atoms with Crippen molar-refractivity contribution in [3.05, 3.63) is 55.3 Å². The first-order chi connectivity index (χ1) is 10.5. The zero-order valence-electron chi connectivity index (χ0n) is 13.2. The van der Waals surface area contributed by atoms with Crippen molar-refractivity contribution in [2.24, 2.45) is 0 Å². The molecule has 2 rings (SSSR count). The van der Waals surface area contributed by atoms with Crippen molar-refractivity contribution in [1.82, 2.24) is 10.2 Å². The molecule has 1 heterocycles. The average Bonchev–Trinajstić information content (AvgIpc) is 2.51. The second kappa shape index (κ2) is 6.71. The van der Waals surface area contributed by atoms with Crippen LogP contribution in [0.3, 0.4) is 0 Å². The third-order valence-electron chi connectivity index (χ3n) is 4.03. The van der Waals surface area contributed by atoms with E-state index in [1.807, 2.05) is 38.1 Å². The standard InChI is InChI=1S/C18H23N3O/c1-5-11-18(22,12-6-2)14(4)19-17-16-10-8-7-9-15(16)13(3)20-21-17/h5-10,14,22H,1-2,11-12H2,3-4H3,(H,19,21). The Labute approximate surface area is 131 Å². The normalized spacial score (nSPS) is 12.9. The lowest BCUT2D eigenvalue weighted by molar-refractivity contribution is 0.0316. The summed E-state index contributed by atoms with van der Waals surface area (Å²) in [6.07, 6.45) is 4.40. The van der Waals surface area contributed by atoms with Crippen molar-refractivity contribution in [3.8, 4) is 0 Å². The van der Waals surface area contributed by atoms with Crippen LogP contribution in [-0.2, 0) is 0 Å². The monoisotopic (exact) mass is 297 g/mol. The number of anilines is 1. The quantitative estimate of drug-likeness (QED) is 0.766. The number of hydrogen-bond acceptors (Lipinski definition) is 4. The molecule has 2 N–H and O–H groups in total. The molecule has 2 aromatic rings. The van der Waals surface area contributed by atoms with Crippen LogP contribution in [0.15, 0.2) is 49.6 Å². The molecule has 4 heteroatoms. The average molecular weight is 297 g/mol. The molecular formula is C18H23N3O. The molecule has 22 heavy (non-hydrogen) atoms. The van der Waals surface area contributed by atoms with Crippen LogP contribution in [0, 0.1) is 6.92 Å². The molecule has 0 aliphatic heterocycles. The summed E-state index contributed by atoms with van der Waals surface area (Å²) in [4.78, 5) is 0. The Morgan fingerprint density at radius 3 is 2.36 bits per heavy atom. The molecule has 0 aliphatic carbocycles. The van der Waals surface area contributed by atoms with E-state index >= 15 is 0 Å². The molecule has 0 saturated carbocycles. The van der Waals surface area contributed by atoms with Crippen molar-refractivity contribution in [1.29, 1.82) is 0 Å². The smallest absolute Gasteiger partial charge is 0.156 e. The Kier molecular flexibility index (Phi) is 4.93. The van der Waals surface area contributed by atoms with Crippen LogP contribution in [0.25, 0.3) is 10.8 Å². The van der Waals surface area contributed by atoms with Gasteiger partial charge in [0.15, 0.2) is 5.82 Å².